The van der Waals surface area contributed by atoms with E-state index in [1.165, 1.54) is 12.8 Å². The summed E-state index contributed by atoms with van der Waals surface area (Å²) in [5.74, 6) is 0.111. The van der Waals surface area contributed by atoms with E-state index in [1.807, 2.05) is 4.90 Å². The van der Waals surface area contributed by atoms with Gasteiger partial charge in [0.05, 0.1) is 6.61 Å². The maximum atomic E-state index is 12.4. The van der Waals surface area contributed by atoms with Gasteiger partial charge in [-0.2, -0.15) is 0 Å². The lowest BCUT2D eigenvalue weighted by Gasteiger charge is -2.36. The largest absolute Gasteiger partial charge is 0.395 e. The fourth-order valence-electron chi connectivity index (χ4n) is 3.94. The van der Waals surface area contributed by atoms with Crippen LogP contribution in [-0.2, 0) is 0 Å². The van der Waals surface area contributed by atoms with Crippen LogP contribution in [0.3, 0.4) is 0 Å². The Morgan fingerprint density at radius 2 is 1.92 bits per heavy atom. The molecule has 138 valence electrons. The van der Waals surface area contributed by atoms with Crippen LogP contribution in [0.4, 0.5) is 0 Å². The highest BCUT2D eigenvalue weighted by Crippen LogP contribution is 2.16. The molecule has 1 atom stereocenters. The van der Waals surface area contributed by atoms with Gasteiger partial charge in [-0.3, -0.25) is 14.7 Å². The molecule has 2 aliphatic rings. The number of aliphatic hydroxyl groups is 1. The third-order valence-corrected chi connectivity index (χ3v) is 5.50. The average Bonchev–Trinajstić information content (AvgIpc) is 2.69. The molecule has 25 heavy (non-hydrogen) atoms. The van der Waals surface area contributed by atoms with E-state index in [0.29, 0.717) is 12.1 Å². The molecule has 3 heterocycles. The first-order chi connectivity index (χ1) is 12.3. The monoisotopic (exact) mass is 346 g/mol. The van der Waals surface area contributed by atoms with Gasteiger partial charge in [0.1, 0.15) is 0 Å². The number of rotatable bonds is 6. The maximum absolute atomic E-state index is 12.4. The summed E-state index contributed by atoms with van der Waals surface area (Å²) < 4.78 is 0. The molecule has 3 rings (SSSR count). The smallest absolute Gasteiger partial charge is 0.253 e. The van der Waals surface area contributed by atoms with E-state index in [2.05, 4.69) is 15.2 Å². The zero-order valence-corrected chi connectivity index (χ0v) is 14.9. The summed E-state index contributed by atoms with van der Waals surface area (Å²) in [6, 6.07) is 4.39. The summed E-state index contributed by atoms with van der Waals surface area (Å²) in [5.41, 5.74) is 0.724. The Kier molecular flexibility index (Phi) is 6.78. The molecular weight excluding hydrogens is 316 g/mol. The van der Waals surface area contributed by atoms with Crippen molar-refractivity contribution < 1.29 is 9.90 Å². The van der Waals surface area contributed by atoms with Crippen molar-refractivity contribution in [3.63, 3.8) is 0 Å². The summed E-state index contributed by atoms with van der Waals surface area (Å²) >= 11 is 0. The van der Waals surface area contributed by atoms with Crippen LogP contribution >= 0.6 is 0 Å². The van der Waals surface area contributed by atoms with Crippen LogP contribution in [0.15, 0.2) is 24.5 Å². The summed E-state index contributed by atoms with van der Waals surface area (Å²) in [7, 11) is 0. The van der Waals surface area contributed by atoms with Crippen molar-refractivity contribution in [2.45, 2.75) is 44.2 Å². The van der Waals surface area contributed by atoms with Crippen molar-refractivity contribution in [2.75, 3.05) is 39.3 Å². The third-order valence-electron chi connectivity index (χ3n) is 5.50. The number of hydrogen-bond donors (Lipinski definition) is 2. The van der Waals surface area contributed by atoms with Crippen molar-refractivity contribution >= 4 is 5.91 Å². The van der Waals surface area contributed by atoms with E-state index in [9.17, 15) is 9.90 Å². The Labute approximate surface area is 150 Å². The normalized spacial score (nSPS) is 22.9. The van der Waals surface area contributed by atoms with Gasteiger partial charge < -0.3 is 15.3 Å². The molecule has 1 unspecified atom stereocenters. The number of nitrogens with zero attached hydrogens (tertiary/aromatic N) is 3. The first-order valence-electron chi connectivity index (χ1n) is 9.55. The van der Waals surface area contributed by atoms with E-state index >= 15 is 0 Å². The molecule has 1 aromatic heterocycles. The molecule has 1 amide bonds. The second-order valence-electron chi connectivity index (χ2n) is 7.12. The number of piperidine rings is 2. The van der Waals surface area contributed by atoms with Crippen molar-refractivity contribution in [1.29, 1.82) is 0 Å². The van der Waals surface area contributed by atoms with E-state index in [-0.39, 0.29) is 12.5 Å². The topological polar surface area (TPSA) is 68.7 Å². The van der Waals surface area contributed by atoms with Gasteiger partial charge in [-0.15, -0.1) is 0 Å². The van der Waals surface area contributed by atoms with Crippen LogP contribution in [0.1, 0.15) is 42.5 Å². The number of aliphatic hydroxyl groups excluding tert-OH is 1. The SMILES string of the molecule is O=C(c1ccncc1)N1CCC(NCCN2CCCCC2CO)CC1. The highest BCUT2D eigenvalue weighted by atomic mass is 16.3. The molecule has 0 aliphatic carbocycles. The summed E-state index contributed by atoms with van der Waals surface area (Å²) in [6.07, 6.45) is 8.93. The van der Waals surface area contributed by atoms with Gasteiger partial charge in [-0.1, -0.05) is 6.42 Å². The first-order valence-corrected chi connectivity index (χ1v) is 9.55. The van der Waals surface area contributed by atoms with E-state index in [0.717, 1.165) is 57.5 Å². The maximum Gasteiger partial charge on any atom is 0.253 e. The molecular formula is C19H30N4O2. The third kappa shape index (κ3) is 5.00. The number of carbonyl (C=O) groups excluding carboxylic acids is 1. The molecule has 6 nitrogen and oxygen atoms in total. The fraction of sp³-hybridized carbons (Fsp3) is 0.684. The standard InChI is InChI=1S/C19H30N4O2/c24-15-18-3-1-2-11-22(18)14-10-21-17-6-12-23(13-7-17)19(25)16-4-8-20-9-5-16/h4-5,8-9,17-18,21,24H,1-3,6-7,10-15H2. The number of likely N-dealkylation sites (tertiary alicyclic amines) is 2. The van der Waals surface area contributed by atoms with Crippen molar-refractivity contribution in [3.8, 4) is 0 Å². The quantitative estimate of drug-likeness (QED) is 0.808. The number of nitrogens with one attached hydrogen (secondary N) is 1. The highest BCUT2D eigenvalue weighted by Gasteiger charge is 2.24. The molecule has 2 saturated heterocycles. The van der Waals surface area contributed by atoms with Crippen LogP contribution in [0, 0.1) is 0 Å². The lowest BCUT2D eigenvalue weighted by molar-refractivity contribution is 0.0697. The zero-order valence-electron chi connectivity index (χ0n) is 14.9. The molecule has 0 saturated carbocycles. The Bertz CT molecular complexity index is 531. The molecule has 1 aromatic rings. The van der Waals surface area contributed by atoms with Crippen LogP contribution in [0.2, 0.25) is 0 Å². The average molecular weight is 346 g/mol. The van der Waals surface area contributed by atoms with Gasteiger partial charge in [-0.05, 0) is 44.4 Å². The van der Waals surface area contributed by atoms with E-state index in [1.54, 1.807) is 24.5 Å². The van der Waals surface area contributed by atoms with Gasteiger partial charge in [0.25, 0.3) is 5.91 Å². The minimum atomic E-state index is 0.111. The van der Waals surface area contributed by atoms with Crippen LogP contribution in [0.5, 0.6) is 0 Å². The summed E-state index contributed by atoms with van der Waals surface area (Å²) in [4.78, 5) is 20.8. The molecule has 0 bridgehead atoms. The summed E-state index contributed by atoms with van der Waals surface area (Å²) in [5, 5.41) is 13.1. The first kappa shape index (κ1) is 18.3. The lowest BCUT2D eigenvalue weighted by Crippen LogP contribution is -2.48. The lowest BCUT2D eigenvalue weighted by atomic mass is 10.0. The number of hydrogen-bond acceptors (Lipinski definition) is 5. The van der Waals surface area contributed by atoms with E-state index in [4.69, 9.17) is 0 Å². The van der Waals surface area contributed by atoms with Gasteiger partial charge >= 0.3 is 0 Å². The number of amides is 1. The Morgan fingerprint density at radius 3 is 2.64 bits per heavy atom. The molecule has 0 spiro atoms. The second kappa shape index (κ2) is 9.27. The minimum absolute atomic E-state index is 0.111. The number of carbonyl (C=O) groups is 1. The second-order valence-corrected chi connectivity index (χ2v) is 7.12. The van der Waals surface area contributed by atoms with Gasteiger partial charge in [-0.25, -0.2) is 0 Å². The van der Waals surface area contributed by atoms with E-state index < -0.39 is 0 Å². The Hall–Kier alpha value is -1.50. The Morgan fingerprint density at radius 1 is 1.16 bits per heavy atom. The van der Waals surface area contributed by atoms with Crippen molar-refractivity contribution in [2.24, 2.45) is 0 Å². The predicted molar refractivity (Wildman–Crippen MR) is 97.5 cm³/mol. The molecule has 2 aliphatic heterocycles. The van der Waals surface area contributed by atoms with Crippen molar-refractivity contribution in [1.82, 2.24) is 20.1 Å². The number of aromatic nitrogens is 1. The Balaban J connectivity index is 1.37. The van der Waals surface area contributed by atoms with Crippen LogP contribution in [-0.4, -0.2) is 77.2 Å². The summed E-state index contributed by atoms with van der Waals surface area (Å²) in [6.45, 7) is 4.95. The molecule has 2 N–H and O–H groups in total. The zero-order chi connectivity index (χ0) is 17.5. The molecule has 0 aromatic carbocycles. The molecule has 0 radical (unpaired) electrons. The van der Waals surface area contributed by atoms with Crippen molar-refractivity contribution in [3.05, 3.63) is 30.1 Å². The molecule has 6 heteroatoms. The van der Waals surface area contributed by atoms with Crippen LogP contribution in [0.25, 0.3) is 0 Å². The predicted octanol–water partition coefficient (Wildman–Crippen LogP) is 1.12. The van der Waals surface area contributed by atoms with Gasteiger partial charge in [0.15, 0.2) is 0 Å². The van der Waals surface area contributed by atoms with Crippen LogP contribution < -0.4 is 5.32 Å². The molecule has 2 fully saturated rings. The van der Waals surface area contributed by atoms with Gasteiger partial charge in [0, 0.05) is 56.2 Å². The minimum Gasteiger partial charge on any atom is -0.395 e. The fourth-order valence-corrected chi connectivity index (χ4v) is 3.94. The van der Waals surface area contributed by atoms with Gasteiger partial charge in [0.2, 0.25) is 0 Å². The number of pyridine rings is 1. The highest BCUT2D eigenvalue weighted by molar-refractivity contribution is 5.94.